The molecule has 1 aromatic carbocycles. The van der Waals surface area contributed by atoms with Crippen LogP contribution >= 0.6 is 0 Å². The van der Waals surface area contributed by atoms with Gasteiger partial charge in [0.2, 0.25) is 0 Å². The Bertz CT molecular complexity index is 439. The first-order chi connectivity index (χ1) is 7.88. The molecule has 2 N–H and O–H groups in total. The first-order valence-electron chi connectivity index (χ1n) is 5.52. The first-order valence-corrected chi connectivity index (χ1v) is 5.52. The molecule has 0 aliphatic rings. The van der Waals surface area contributed by atoms with E-state index < -0.39 is 12.0 Å². The summed E-state index contributed by atoms with van der Waals surface area (Å²) in [4.78, 5) is 11.5. The highest BCUT2D eigenvalue weighted by molar-refractivity contribution is 5.95. The number of carbonyl (C=O) groups is 1. The Hall–Kier alpha value is -1.55. The predicted octanol–water partition coefficient (Wildman–Crippen LogP) is 1.94. The average molecular weight is 237 g/mol. The Labute approximate surface area is 102 Å². The molecule has 0 aliphatic carbocycles. The van der Waals surface area contributed by atoms with Crippen LogP contribution in [0.5, 0.6) is 5.75 Å². The van der Waals surface area contributed by atoms with Crippen molar-refractivity contribution in [3.8, 4) is 5.75 Å². The quantitative estimate of drug-likeness (QED) is 0.844. The minimum Gasteiger partial charge on any atom is -0.496 e. The van der Waals surface area contributed by atoms with Crippen LogP contribution in [-0.4, -0.2) is 24.2 Å². The van der Waals surface area contributed by atoms with Crippen molar-refractivity contribution in [2.45, 2.75) is 33.8 Å². The molecule has 4 heteroatoms. The van der Waals surface area contributed by atoms with Gasteiger partial charge in [0.05, 0.1) is 7.11 Å². The molecule has 0 spiro atoms. The van der Waals surface area contributed by atoms with Crippen LogP contribution in [0.3, 0.4) is 0 Å². The highest BCUT2D eigenvalue weighted by Gasteiger charge is 2.15. The molecule has 1 amide bonds. The monoisotopic (exact) mass is 237 g/mol. The molecule has 1 atom stereocenters. The highest BCUT2D eigenvalue weighted by Crippen LogP contribution is 2.31. The summed E-state index contributed by atoms with van der Waals surface area (Å²) in [5, 5.41) is 11.9. The topological polar surface area (TPSA) is 58.6 Å². The van der Waals surface area contributed by atoms with Gasteiger partial charge in [-0.3, -0.25) is 4.79 Å². The summed E-state index contributed by atoms with van der Waals surface area (Å²) in [5.41, 5.74) is 3.60. The van der Waals surface area contributed by atoms with Crippen LogP contribution in [0.2, 0.25) is 0 Å². The van der Waals surface area contributed by atoms with Crippen LogP contribution in [-0.2, 0) is 4.79 Å². The molecule has 0 saturated carbocycles. The van der Waals surface area contributed by atoms with Gasteiger partial charge in [0.25, 0.3) is 5.91 Å². The lowest BCUT2D eigenvalue weighted by atomic mass is 10.0. The summed E-state index contributed by atoms with van der Waals surface area (Å²) in [7, 11) is 1.62. The van der Waals surface area contributed by atoms with Crippen LogP contribution in [0.15, 0.2) is 6.07 Å². The van der Waals surface area contributed by atoms with Gasteiger partial charge in [-0.25, -0.2) is 0 Å². The van der Waals surface area contributed by atoms with Crippen LogP contribution in [0.25, 0.3) is 0 Å². The Kier molecular flexibility index (Phi) is 4.12. The SMILES string of the molecule is COc1cc(C)c(NC(=O)C(C)O)c(C)c1C. The second kappa shape index (κ2) is 5.19. The summed E-state index contributed by atoms with van der Waals surface area (Å²) < 4.78 is 5.25. The number of ether oxygens (including phenoxy) is 1. The van der Waals surface area contributed by atoms with Gasteiger partial charge in [-0.2, -0.15) is 0 Å². The van der Waals surface area contributed by atoms with E-state index in [4.69, 9.17) is 4.74 Å². The molecule has 1 rings (SSSR count). The molecule has 0 aromatic heterocycles. The van der Waals surface area contributed by atoms with Gasteiger partial charge in [-0.1, -0.05) is 0 Å². The predicted molar refractivity (Wildman–Crippen MR) is 67.5 cm³/mol. The molecule has 0 radical (unpaired) electrons. The zero-order chi connectivity index (χ0) is 13.2. The number of aliphatic hydroxyl groups excluding tert-OH is 1. The van der Waals surface area contributed by atoms with Crippen molar-refractivity contribution in [1.82, 2.24) is 0 Å². The van der Waals surface area contributed by atoms with Crippen LogP contribution in [0.1, 0.15) is 23.6 Å². The van der Waals surface area contributed by atoms with E-state index in [9.17, 15) is 9.90 Å². The maximum absolute atomic E-state index is 11.5. The second-order valence-corrected chi connectivity index (χ2v) is 4.19. The summed E-state index contributed by atoms with van der Waals surface area (Å²) in [6.45, 7) is 7.19. The van der Waals surface area contributed by atoms with Crippen molar-refractivity contribution >= 4 is 11.6 Å². The standard InChI is InChI=1S/C13H19NO3/c1-7-6-11(17-5)8(2)9(3)12(7)14-13(16)10(4)15/h6,10,15H,1-5H3,(H,14,16). The zero-order valence-electron chi connectivity index (χ0n) is 10.9. The fourth-order valence-electron chi connectivity index (χ4n) is 1.68. The molecule has 4 nitrogen and oxygen atoms in total. The summed E-state index contributed by atoms with van der Waals surface area (Å²) in [6.07, 6.45) is -1.02. The number of anilines is 1. The molecule has 1 aromatic rings. The molecular formula is C13H19NO3. The lowest BCUT2D eigenvalue weighted by Crippen LogP contribution is -2.25. The Morgan fingerprint density at radius 2 is 1.94 bits per heavy atom. The van der Waals surface area contributed by atoms with Crippen molar-refractivity contribution in [1.29, 1.82) is 0 Å². The molecule has 0 heterocycles. The van der Waals surface area contributed by atoms with Gasteiger partial charge in [0, 0.05) is 5.69 Å². The van der Waals surface area contributed by atoms with Gasteiger partial charge in [0.1, 0.15) is 11.9 Å². The third kappa shape index (κ3) is 2.77. The Morgan fingerprint density at radius 1 is 1.35 bits per heavy atom. The number of carbonyl (C=O) groups excluding carboxylic acids is 1. The van der Waals surface area contributed by atoms with Crippen LogP contribution < -0.4 is 10.1 Å². The van der Waals surface area contributed by atoms with E-state index in [1.807, 2.05) is 26.8 Å². The van der Waals surface area contributed by atoms with Crippen molar-refractivity contribution < 1.29 is 14.6 Å². The minimum absolute atomic E-state index is 0.402. The number of rotatable bonds is 3. The summed E-state index contributed by atoms with van der Waals surface area (Å²) in [5.74, 6) is 0.399. The Balaban J connectivity index is 3.17. The van der Waals surface area contributed by atoms with E-state index in [-0.39, 0.29) is 0 Å². The van der Waals surface area contributed by atoms with Gasteiger partial charge >= 0.3 is 0 Å². The van der Waals surface area contributed by atoms with Crippen LogP contribution in [0, 0.1) is 20.8 Å². The van der Waals surface area contributed by atoms with Crippen molar-refractivity contribution in [2.75, 3.05) is 12.4 Å². The van der Waals surface area contributed by atoms with Gasteiger partial charge < -0.3 is 15.2 Å². The second-order valence-electron chi connectivity index (χ2n) is 4.19. The van der Waals surface area contributed by atoms with Crippen molar-refractivity contribution in [3.05, 3.63) is 22.8 Å². The molecule has 1 unspecified atom stereocenters. The lowest BCUT2D eigenvalue weighted by molar-refractivity contribution is -0.123. The fourth-order valence-corrected chi connectivity index (χ4v) is 1.68. The molecule has 0 saturated heterocycles. The van der Waals surface area contributed by atoms with Crippen molar-refractivity contribution in [3.63, 3.8) is 0 Å². The van der Waals surface area contributed by atoms with E-state index in [2.05, 4.69) is 5.32 Å². The zero-order valence-corrected chi connectivity index (χ0v) is 10.9. The summed E-state index contributed by atoms with van der Waals surface area (Å²) in [6, 6.07) is 1.87. The number of aliphatic hydroxyl groups is 1. The maximum atomic E-state index is 11.5. The van der Waals surface area contributed by atoms with E-state index in [1.54, 1.807) is 7.11 Å². The smallest absolute Gasteiger partial charge is 0.252 e. The third-order valence-corrected chi connectivity index (χ3v) is 2.90. The number of benzene rings is 1. The molecule has 94 valence electrons. The van der Waals surface area contributed by atoms with Gasteiger partial charge in [0.15, 0.2) is 0 Å². The molecule has 0 bridgehead atoms. The molecule has 0 fully saturated rings. The molecule has 0 aliphatic heterocycles. The fraction of sp³-hybridized carbons (Fsp3) is 0.462. The highest BCUT2D eigenvalue weighted by atomic mass is 16.5. The van der Waals surface area contributed by atoms with E-state index in [0.29, 0.717) is 0 Å². The van der Waals surface area contributed by atoms with Crippen molar-refractivity contribution in [2.24, 2.45) is 0 Å². The van der Waals surface area contributed by atoms with Crippen LogP contribution in [0.4, 0.5) is 5.69 Å². The van der Waals surface area contributed by atoms with E-state index in [0.717, 1.165) is 28.1 Å². The Morgan fingerprint density at radius 3 is 2.41 bits per heavy atom. The number of amides is 1. The number of methoxy groups -OCH3 is 1. The van der Waals surface area contributed by atoms with Gasteiger partial charge in [-0.05, 0) is 50.5 Å². The maximum Gasteiger partial charge on any atom is 0.252 e. The number of hydrogen-bond acceptors (Lipinski definition) is 3. The van der Waals surface area contributed by atoms with E-state index >= 15 is 0 Å². The number of aryl methyl sites for hydroxylation is 1. The molecular weight excluding hydrogens is 218 g/mol. The first kappa shape index (κ1) is 13.5. The third-order valence-electron chi connectivity index (χ3n) is 2.90. The van der Waals surface area contributed by atoms with Gasteiger partial charge in [-0.15, -0.1) is 0 Å². The minimum atomic E-state index is -1.02. The molecule has 17 heavy (non-hydrogen) atoms. The number of nitrogens with one attached hydrogen (secondary N) is 1. The number of hydrogen-bond donors (Lipinski definition) is 2. The summed E-state index contributed by atoms with van der Waals surface area (Å²) >= 11 is 0. The lowest BCUT2D eigenvalue weighted by Gasteiger charge is -2.17. The average Bonchev–Trinajstić information content (AvgIpc) is 2.28. The largest absolute Gasteiger partial charge is 0.496 e. The normalized spacial score (nSPS) is 12.1. The van der Waals surface area contributed by atoms with E-state index in [1.165, 1.54) is 6.92 Å².